The van der Waals surface area contributed by atoms with Gasteiger partial charge in [0.25, 0.3) is 0 Å². The number of carboxylic acid groups (broad SMARTS) is 2. The van der Waals surface area contributed by atoms with Gasteiger partial charge in [0.15, 0.2) is 11.5 Å². The second kappa shape index (κ2) is 13.4. The van der Waals surface area contributed by atoms with E-state index >= 15 is 0 Å². The topological polar surface area (TPSA) is 189 Å². The Labute approximate surface area is 260 Å². The van der Waals surface area contributed by atoms with Crippen LogP contribution in [0.25, 0.3) is 28.2 Å². The summed E-state index contributed by atoms with van der Waals surface area (Å²) in [7, 11) is 0. The van der Waals surface area contributed by atoms with E-state index < -0.39 is 36.2 Å². The van der Waals surface area contributed by atoms with Crippen LogP contribution in [0.3, 0.4) is 0 Å². The van der Waals surface area contributed by atoms with Gasteiger partial charge in [0.1, 0.15) is 35.6 Å². The van der Waals surface area contributed by atoms with Gasteiger partial charge >= 0.3 is 30.4 Å². The number of carbonyl (C=O) groups is 3. The maximum atomic E-state index is 14.8. The van der Waals surface area contributed by atoms with Crippen molar-refractivity contribution in [1.29, 1.82) is 0 Å². The minimum Gasteiger partial charge on any atom is -0.475 e. The Bertz CT molecular complexity index is 1890. The molecule has 0 saturated carbocycles. The SMILES string of the molecule is Cc1csc([C@@H]2COC(=O)N2c2ccn3ncc(-c4ccc(-c5ncn[nH]5)c(F)c4)c3n2)n1.O=C(O)C(F)(F)F.O=C(O)C(F)(F)F. The fourth-order valence-electron chi connectivity index (χ4n) is 3.79. The highest BCUT2D eigenvalue weighted by molar-refractivity contribution is 7.09. The lowest BCUT2D eigenvalue weighted by molar-refractivity contribution is -0.193. The van der Waals surface area contributed by atoms with Gasteiger partial charge in [-0.1, -0.05) is 6.07 Å². The van der Waals surface area contributed by atoms with E-state index in [9.17, 15) is 35.5 Å². The predicted octanol–water partition coefficient (Wildman–Crippen LogP) is 5.05. The molecule has 1 aliphatic heterocycles. The molecule has 5 aromatic rings. The molecule has 1 aromatic carbocycles. The van der Waals surface area contributed by atoms with Crippen LogP contribution in [-0.2, 0) is 14.3 Å². The number of rotatable bonds is 4. The lowest BCUT2D eigenvalue weighted by Gasteiger charge is -2.18. The van der Waals surface area contributed by atoms with Crippen molar-refractivity contribution in [2.75, 3.05) is 11.5 Å². The molecule has 1 fully saturated rings. The number of nitrogens with zero attached hydrogens (tertiary/aromatic N) is 7. The molecule has 4 aromatic heterocycles. The summed E-state index contributed by atoms with van der Waals surface area (Å²) in [6.07, 6.45) is -6.02. The van der Waals surface area contributed by atoms with Crippen molar-refractivity contribution >= 4 is 40.8 Å². The zero-order valence-electron chi connectivity index (χ0n) is 23.1. The molecule has 1 atom stereocenters. The summed E-state index contributed by atoms with van der Waals surface area (Å²) < 4.78 is 85.2. The lowest BCUT2D eigenvalue weighted by Crippen LogP contribution is -2.28. The molecule has 248 valence electrons. The number of benzene rings is 1. The third-order valence-electron chi connectivity index (χ3n) is 5.83. The van der Waals surface area contributed by atoms with Crippen LogP contribution in [0, 0.1) is 12.7 Å². The second-order valence-electron chi connectivity index (χ2n) is 9.04. The number of aryl methyl sites for hydroxylation is 1. The van der Waals surface area contributed by atoms with E-state index in [1.54, 1.807) is 35.1 Å². The van der Waals surface area contributed by atoms with Crippen LogP contribution in [0.4, 0.5) is 41.3 Å². The quantitative estimate of drug-likeness (QED) is 0.214. The van der Waals surface area contributed by atoms with E-state index in [4.69, 9.17) is 24.5 Å². The third kappa shape index (κ3) is 7.95. The molecule has 0 spiro atoms. The monoisotopic (exact) mass is 690 g/mol. The number of carboxylic acids is 2. The van der Waals surface area contributed by atoms with Crippen LogP contribution in [0.2, 0.25) is 0 Å². The number of cyclic esters (lactones) is 1. The molecule has 1 aliphatic rings. The number of aliphatic carboxylic acids is 2. The van der Waals surface area contributed by atoms with Crippen molar-refractivity contribution in [2.24, 2.45) is 0 Å². The molecule has 14 nitrogen and oxygen atoms in total. The standard InChI is InChI=1S/C21H15FN8O2S.2C2HF3O2/c1-11-9-33-20(26-11)16-8-32-21(31)30(16)17-4-5-29-19(27-17)14(7-25-29)12-2-3-13(15(22)6-12)18-23-10-24-28-18;2*3-2(4,5)1(6)7/h2-7,9-10,16H,8H2,1H3,(H,23,24,28);2*(H,6,7)/t16-;;/m0../s1. The van der Waals surface area contributed by atoms with Crippen molar-refractivity contribution in [3.8, 4) is 22.5 Å². The number of H-pyrrole nitrogens is 1. The van der Waals surface area contributed by atoms with Gasteiger partial charge in [-0.2, -0.15) is 36.5 Å². The normalized spacial score (nSPS) is 14.6. The van der Waals surface area contributed by atoms with Crippen molar-refractivity contribution < 1.29 is 60.1 Å². The second-order valence-corrected chi connectivity index (χ2v) is 9.93. The summed E-state index contributed by atoms with van der Waals surface area (Å²) >= 11 is 1.47. The Morgan fingerprint density at radius 3 is 2.23 bits per heavy atom. The summed E-state index contributed by atoms with van der Waals surface area (Å²) in [5.41, 5.74) is 2.88. The molecular formula is C25H17F7N8O6S. The number of alkyl halides is 6. The first kappa shape index (κ1) is 34.2. The Hall–Kier alpha value is -5.67. The van der Waals surface area contributed by atoms with Crippen LogP contribution in [0.5, 0.6) is 0 Å². The zero-order chi connectivity index (χ0) is 34.7. The number of fused-ring (bicyclic) bond motifs is 1. The molecule has 0 radical (unpaired) electrons. The van der Waals surface area contributed by atoms with Gasteiger partial charge in [-0.3, -0.25) is 5.10 Å². The highest BCUT2D eigenvalue weighted by Gasteiger charge is 2.39. The smallest absolute Gasteiger partial charge is 0.475 e. The van der Waals surface area contributed by atoms with Gasteiger partial charge in [-0.25, -0.2) is 43.1 Å². The summed E-state index contributed by atoms with van der Waals surface area (Å²) in [5, 5.41) is 27.7. The van der Waals surface area contributed by atoms with Gasteiger partial charge in [-0.05, 0) is 30.7 Å². The number of hydrogen-bond donors (Lipinski definition) is 3. The number of thiazole rings is 1. The van der Waals surface area contributed by atoms with Crippen LogP contribution < -0.4 is 4.90 Å². The number of carbonyl (C=O) groups excluding carboxylic acids is 1. The van der Waals surface area contributed by atoms with Crippen molar-refractivity contribution in [1.82, 2.24) is 34.8 Å². The first-order chi connectivity index (χ1) is 22.0. The predicted molar refractivity (Wildman–Crippen MR) is 145 cm³/mol. The van der Waals surface area contributed by atoms with E-state index in [1.807, 2.05) is 12.3 Å². The fraction of sp³-hybridized carbons (Fsp3) is 0.200. The van der Waals surface area contributed by atoms with Crippen molar-refractivity contribution in [2.45, 2.75) is 25.3 Å². The van der Waals surface area contributed by atoms with Gasteiger partial charge in [0, 0.05) is 22.8 Å². The highest BCUT2D eigenvalue weighted by Crippen LogP contribution is 2.35. The summed E-state index contributed by atoms with van der Waals surface area (Å²) in [5.74, 6) is -5.22. The highest BCUT2D eigenvalue weighted by atomic mass is 32.1. The van der Waals surface area contributed by atoms with Crippen LogP contribution >= 0.6 is 11.3 Å². The van der Waals surface area contributed by atoms with Gasteiger partial charge in [-0.15, -0.1) is 11.3 Å². The first-order valence-electron chi connectivity index (χ1n) is 12.5. The number of anilines is 1. The van der Waals surface area contributed by atoms with E-state index in [-0.39, 0.29) is 12.6 Å². The minimum atomic E-state index is -5.08. The third-order valence-corrected chi connectivity index (χ3v) is 6.90. The molecule has 6 rings (SSSR count). The summed E-state index contributed by atoms with van der Waals surface area (Å²) in [4.78, 5) is 45.0. The summed E-state index contributed by atoms with van der Waals surface area (Å²) in [6.45, 7) is 2.09. The van der Waals surface area contributed by atoms with Gasteiger partial charge in [0.05, 0.1) is 11.8 Å². The van der Waals surface area contributed by atoms with Crippen LogP contribution in [0.1, 0.15) is 16.7 Å². The number of aromatic amines is 1. The molecule has 3 N–H and O–H groups in total. The lowest BCUT2D eigenvalue weighted by atomic mass is 10.1. The zero-order valence-corrected chi connectivity index (χ0v) is 23.9. The summed E-state index contributed by atoms with van der Waals surface area (Å²) in [6, 6.07) is 6.11. The van der Waals surface area contributed by atoms with Gasteiger partial charge < -0.3 is 14.9 Å². The number of amides is 1. The molecule has 1 amide bonds. The molecule has 0 bridgehead atoms. The minimum absolute atomic E-state index is 0.194. The Morgan fingerprint density at radius 2 is 1.70 bits per heavy atom. The molecule has 22 heteroatoms. The Morgan fingerprint density at radius 1 is 1.04 bits per heavy atom. The van der Waals surface area contributed by atoms with E-state index in [0.29, 0.717) is 34.0 Å². The van der Waals surface area contributed by atoms with Crippen molar-refractivity contribution in [3.05, 3.63) is 64.9 Å². The van der Waals surface area contributed by atoms with E-state index in [0.717, 1.165) is 10.7 Å². The fourth-order valence-corrected chi connectivity index (χ4v) is 4.66. The molecule has 0 aliphatic carbocycles. The average Bonchev–Trinajstić information content (AvgIpc) is 3.80. The van der Waals surface area contributed by atoms with Crippen molar-refractivity contribution in [3.63, 3.8) is 0 Å². The Balaban J connectivity index is 0.000000301. The molecule has 0 unspecified atom stereocenters. The molecular weight excluding hydrogens is 673 g/mol. The maximum absolute atomic E-state index is 14.8. The largest absolute Gasteiger partial charge is 0.490 e. The first-order valence-corrected chi connectivity index (χ1v) is 13.3. The average molecular weight is 691 g/mol. The Kier molecular flexibility index (Phi) is 9.72. The molecule has 1 saturated heterocycles. The van der Waals surface area contributed by atoms with Crippen LogP contribution in [0.15, 0.2) is 48.4 Å². The number of hydrogen-bond acceptors (Lipinski definition) is 10. The van der Waals surface area contributed by atoms with Gasteiger partial charge in [0.2, 0.25) is 0 Å². The maximum Gasteiger partial charge on any atom is 0.490 e. The molecule has 5 heterocycles. The molecule has 47 heavy (non-hydrogen) atoms. The van der Waals surface area contributed by atoms with E-state index in [1.165, 1.54) is 28.6 Å². The van der Waals surface area contributed by atoms with Crippen LogP contribution in [-0.4, -0.2) is 82.0 Å². The van der Waals surface area contributed by atoms with E-state index in [2.05, 4.69) is 30.2 Å². The number of aromatic nitrogens is 7. The number of ether oxygens (including phenoxy) is 1. The number of nitrogens with one attached hydrogen (secondary N) is 1. The number of halogens is 7.